The Hall–Kier alpha value is -1.64. The predicted molar refractivity (Wildman–Crippen MR) is 106 cm³/mol. The van der Waals surface area contributed by atoms with Crippen molar-refractivity contribution in [2.24, 2.45) is 0 Å². The van der Waals surface area contributed by atoms with Gasteiger partial charge < -0.3 is 15.0 Å². The van der Waals surface area contributed by atoms with Crippen LogP contribution >= 0.6 is 23.6 Å². The summed E-state index contributed by atoms with van der Waals surface area (Å²) in [6, 6.07) is 11.4. The molecule has 0 radical (unpaired) electrons. The number of ether oxygens (including phenoxy) is 1. The maximum atomic E-state index is 11.9. The van der Waals surface area contributed by atoms with Crippen LogP contribution in [-0.4, -0.2) is 43.1 Å². The molecule has 0 unspecified atom stereocenters. The summed E-state index contributed by atoms with van der Waals surface area (Å²) in [5, 5.41) is 5.78. The molecule has 0 spiro atoms. The number of thiophene rings is 1. The average Bonchev–Trinajstić information content (AvgIpc) is 3.22. The Labute approximate surface area is 157 Å². The molecule has 1 fully saturated rings. The summed E-state index contributed by atoms with van der Waals surface area (Å²) in [6.45, 7) is 0.611. The van der Waals surface area contributed by atoms with E-state index in [1.165, 1.54) is 0 Å². The third-order valence-electron chi connectivity index (χ3n) is 4.16. The van der Waals surface area contributed by atoms with E-state index in [2.05, 4.69) is 5.32 Å². The maximum Gasteiger partial charge on any atom is 0.174 e. The Balaban J connectivity index is 1.76. The molecule has 5 nitrogen and oxygen atoms in total. The monoisotopic (exact) mass is 396 g/mol. The van der Waals surface area contributed by atoms with E-state index in [4.69, 9.17) is 17.0 Å². The molecule has 25 heavy (non-hydrogen) atoms. The second-order valence-electron chi connectivity index (χ2n) is 5.92. The summed E-state index contributed by atoms with van der Waals surface area (Å²) in [5.74, 6) is 1.15. The molecule has 2 aromatic rings. The zero-order valence-corrected chi connectivity index (χ0v) is 16.3. The number of anilines is 1. The van der Waals surface area contributed by atoms with Crippen LogP contribution in [0.2, 0.25) is 0 Å². The lowest BCUT2D eigenvalue weighted by Crippen LogP contribution is -2.42. The molecule has 0 amide bonds. The van der Waals surface area contributed by atoms with Gasteiger partial charge in [-0.2, -0.15) is 0 Å². The molecule has 1 aromatic heterocycles. The van der Waals surface area contributed by atoms with Crippen molar-refractivity contribution < 1.29 is 13.2 Å². The lowest BCUT2D eigenvalue weighted by atomic mass is 10.2. The molecule has 1 aliphatic heterocycles. The van der Waals surface area contributed by atoms with Crippen molar-refractivity contribution in [1.29, 1.82) is 0 Å². The van der Waals surface area contributed by atoms with Crippen LogP contribution in [0.5, 0.6) is 5.75 Å². The highest BCUT2D eigenvalue weighted by Gasteiger charge is 2.33. The van der Waals surface area contributed by atoms with Gasteiger partial charge in [0.15, 0.2) is 14.9 Å². The highest BCUT2D eigenvalue weighted by Crippen LogP contribution is 2.23. The van der Waals surface area contributed by atoms with Crippen LogP contribution in [0.4, 0.5) is 5.69 Å². The summed E-state index contributed by atoms with van der Waals surface area (Å²) in [5.41, 5.74) is 0.850. The molecule has 1 N–H and O–H groups in total. The molecule has 0 bridgehead atoms. The van der Waals surface area contributed by atoms with Gasteiger partial charge >= 0.3 is 0 Å². The smallest absolute Gasteiger partial charge is 0.174 e. The fraction of sp³-hybridized carbons (Fsp3) is 0.353. The van der Waals surface area contributed by atoms with E-state index in [0.29, 0.717) is 18.1 Å². The number of methoxy groups -OCH3 is 1. The van der Waals surface area contributed by atoms with E-state index in [9.17, 15) is 8.42 Å². The second kappa shape index (κ2) is 7.72. The number of sulfone groups is 1. The van der Waals surface area contributed by atoms with Gasteiger partial charge in [0.25, 0.3) is 0 Å². The Kier molecular flexibility index (Phi) is 5.61. The van der Waals surface area contributed by atoms with Crippen LogP contribution in [0.3, 0.4) is 0 Å². The van der Waals surface area contributed by atoms with Gasteiger partial charge in [0, 0.05) is 16.6 Å². The first-order valence-corrected chi connectivity index (χ1v) is 11.0. The van der Waals surface area contributed by atoms with Crippen LogP contribution in [-0.2, 0) is 16.4 Å². The minimum atomic E-state index is -2.98. The van der Waals surface area contributed by atoms with Crippen molar-refractivity contribution in [3.63, 3.8) is 0 Å². The molecule has 0 aliphatic carbocycles. The van der Waals surface area contributed by atoms with Gasteiger partial charge in [-0.25, -0.2) is 8.42 Å². The first-order chi connectivity index (χ1) is 12.0. The van der Waals surface area contributed by atoms with Gasteiger partial charge in [0.05, 0.1) is 25.2 Å². The van der Waals surface area contributed by atoms with Crippen molar-refractivity contribution in [1.82, 2.24) is 4.90 Å². The number of nitrogens with zero attached hydrogens (tertiary/aromatic N) is 1. The maximum absolute atomic E-state index is 11.9. The topological polar surface area (TPSA) is 58.6 Å². The summed E-state index contributed by atoms with van der Waals surface area (Å²) in [4.78, 5) is 3.15. The predicted octanol–water partition coefficient (Wildman–Crippen LogP) is 3.14. The molecule has 1 aliphatic rings. The standard InChI is InChI=1S/C17H20N2O3S3/c1-22-15-6-4-13(5-7-15)18-17(23)19(11-16-3-2-9-24-16)14-8-10-25(20,21)12-14/h2-7,9,14H,8,10-12H2,1H3,(H,18,23)/t14-/m1/s1. The molecular formula is C17H20N2O3S3. The van der Waals surface area contributed by atoms with Gasteiger partial charge in [-0.1, -0.05) is 6.07 Å². The van der Waals surface area contributed by atoms with Gasteiger partial charge in [-0.15, -0.1) is 11.3 Å². The average molecular weight is 397 g/mol. The number of nitrogens with one attached hydrogen (secondary N) is 1. The van der Waals surface area contributed by atoms with Crippen molar-refractivity contribution in [3.8, 4) is 5.75 Å². The first-order valence-electron chi connectivity index (χ1n) is 7.91. The third kappa shape index (κ3) is 4.71. The Morgan fingerprint density at radius 3 is 2.68 bits per heavy atom. The van der Waals surface area contributed by atoms with E-state index < -0.39 is 9.84 Å². The van der Waals surface area contributed by atoms with E-state index in [0.717, 1.165) is 16.3 Å². The molecule has 2 heterocycles. The second-order valence-corrected chi connectivity index (χ2v) is 9.57. The molecule has 3 rings (SSSR count). The molecular weight excluding hydrogens is 376 g/mol. The van der Waals surface area contributed by atoms with Crippen LogP contribution < -0.4 is 10.1 Å². The Morgan fingerprint density at radius 2 is 2.12 bits per heavy atom. The van der Waals surface area contributed by atoms with Crippen LogP contribution in [0.15, 0.2) is 41.8 Å². The summed E-state index contributed by atoms with van der Waals surface area (Å²) in [6.07, 6.45) is 0.609. The lowest BCUT2D eigenvalue weighted by molar-refractivity contribution is 0.335. The van der Waals surface area contributed by atoms with E-state index in [1.807, 2.05) is 46.7 Å². The Morgan fingerprint density at radius 1 is 1.36 bits per heavy atom. The zero-order valence-electron chi connectivity index (χ0n) is 13.8. The summed E-state index contributed by atoms with van der Waals surface area (Å²) < 4.78 is 29.0. The largest absolute Gasteiger partial charge is 0.497 e. The number of hydrogen-bond acceptors (Lipinski definition) is 5. The molecule has 134 valence electrons. The molecule has 1 atom stereocenters. The highest BCUT2D eigenvalue weighted by molar-refractivity contribution is 7.91. The summed E-state index contributed by atoms with van der Waals surface area (Å²) in [7, 11) is -1.36. The van der Waals surface area contributed by atoms with E-state index >= 15 is 0 Å². The van der Waals surface area contributed by atoms with E-state index in [-0.39, 0.29) is 17.5 Å². The normalized spacial score (nSPS) is 18.7. The minimum absolute atomic E-state index is 0.0923. The van der Waals surface area contributed by atoms with Crippen molar-refractivity contribution in [2.45, 2.75) is 19.0 Å². The van der Waals surface area contributed by atoms with Crippen LogP contribution in [0, 0.1) is 0 Å². The van der Waals surface area contributed by atoms with Crippen LogP contribution in [0.1, 0.15) is 11.3 Å². The molecule has 8 heteroatoms. The van der Waals surface area contributed by atoms with Gasteiger partial charge in [-0.3, -0.25) is 0 Å². The van der Waals surface area contributed by atoms with Gasteiger partial charge in [0.1, 0.15) is 5.75 Å². The fourth-order valence-electron chi connectivity index (χ4n) is 2.83. The summed E-state index contributed by atoms with van der Waals surface area (Å²) >= 11 is 7.24. The number of thiocarbonyl (C=S) groups is 1. The molecule has 1 aromatic carbocycles. The van der Waals surface area contributed by atoms with Crippen molar-refractivity contribution in [2.75, 3.05) is 23.9 Å². The Bertz CT molecular complexity index is 817. The lowest BCUT2D eigenvalue weighted by Gasteiger charge is -2.30. The highest BCUT2D eigenvalue weighted by atomic mass is 32.2. The zero-order chi connectivity index (χ0) is 17.9. The number of hydrogen-bond donors (Lipinski definition) is 1. The van der Waals surface area contributed by atoms with Gasteiger partial charge in [-0.05, 0) is 54.4 Å². The van der Waals surface area contributed by atoms with Crippen molar-refractivity contribution >= 4 is 44.2 Å². The quantitative estimate of drug-likeness (QED) is 0.784. The third-order valence-corrected chi connectivity index (χ3v) is 7.11. The SMILES string of the molecule is COc1ccc(NC(=S)N(Cc2cccs2)[C@@H]2CCS(=O)(=O)C2)cc1. The van der Waals surface area contributed by atoms with Gasteiger partial charge in [0.2, 0.25) is 0 Å². The number of rotatable bonds is 5. The molecule has 0 saturated carbocycles. The fourth-order valence-corrected chi connectivity index (χ4v) is 5.59. The molecule has 1 saturated heterocycles. The minimum Gasteiger partial charge on any atom is -0.497 e. The number of benzene rings is 1. The van der Waals surface area contributed by atoms with E-state index in [1.54, 1.807) is 18.4 Å². The van der Waals surface area contributed by atoms with Crippen molar-refractivity contribution in [3.05, 3.63) is 46.7 Å². The van der Waals surface area contributed by atoms with Crippen LogP contribution in [0.25, 0.3) is 0 Å². The first kappa shape index (κ1) is 18.2.